The molecule has 0 aromatic carbocycles. The second kappa shape index (κ2) is 5.92. The highest BCUT2D eigenvalue weighted by Crippen LogP contribution is 2.02. The Kier molecular flexibility index (Phi) is 4.56. The summed E-state index contributed by atoms with van der Waals surface area (Å²) in [6, 6.07) is -0.864. The van der Waals surface area contributed by atoms with E-state index in [0.717, 1.165) is 0 Å². The van der Waals surface area contributed by atoms with Crippen molar-refractivity contribution in [3.05, 3.63) is 6.33 Å². The molecule has 0 radical (unpaired) electrons. The molecular formula is C9H15N5O3. The van der Waals surface area contributed by atoms with Crippen LogP contribution in [0.5, 0.6) is 0 Å². The first kappa shape index (κ1) is 13.1. The maximum Gasteiger partial charge on any atom is 0.326 e. The molecule has 1 heterocycles. The Morgan fingerprint density at radius 1 is 1.47 bits per heavy atom. The Balaban J connectivity index is 2.40. The van der Waals surface area contributed by atoms with E-state index in [1.54, 1.807) is 13.8 Å². The average molecular weight is 241 g/mol. The van der Waals surface area contributed by atoms with Gasteiger partial charge in [-0.05, 0) is 16.3 Å². The molecule has 0 saturated heterocycles. The molecule has 8 heteroatoms. The number of carbonyl (C=O) groups is 2. The molecule has 0 spiro atoms. The Morgan fingerprint density at radius 3 is 2.65 bits per heavy atom. The molecule has 1 aromatic rings. The number of carbonyl (C=O) groups excluding carboxylic acids is 1. The number of aliphatic carboxylic acids is 1. The van der Waals surface area contributed by atoms with E-state index in [9.17, 15) is 9.59 Å². The largest absolute Gasteiger partial charge is 0.480 e. The molecule has 0 bridgehead atoms. The normalized spacial score (nSPS) is 12.4. The minimum Gasteiger partial charge on any atom is -0.480 e. The Hall–Kier alpha value is -1.99. The van der Waals surface area contributed by atoms with Crippen LogP contribution >= 0.6 is 0 Å². The third-order valence-corrected chi connectivity index (χ3v) is 2.21. The lowest BCUT2D eigenvalue weighted by Crippen LogP contribution is -2.44. The Bertz CT molecular complexity index is 376. The third-order valence-electron chi connectivity index (χ3n) is 2.21. The van der Waals surface area contributed by atoms with Crippen molar-refractivity contribution < 1.29 is 14.7 Å². The van der Waals surface area contributed by atoms with Crippen LogP contribution < -0.4 is 5.32 Å². The van der Waals surface area contributed by atoms with E-state index in [-0.39, 0.29) is 18.2 Å². The first-order valence-corrected chi connectivity index (χ1v) is 5.23. The molecule has 1 rings (SSSR count). The van der Waals surface area contributed by atoms with Crippen LogP contribution in [-0.2, 0) is 16.1 Å². The van der Waals surface area contributed by atoms with Gasteiger partial charge >= 0.3 is 5.97 Å². The first-order valence-electron chi connectivity index (χ1n) is 5.23. The van der Waals surface area contributed by atoms with Crippen LogP contribution in [0.25, 0.3) is 0 Å². The molecule has 0 aliphatic heterocycles. The number of nitrogens with one attached hydrogen (secondary N) is 1. The molecule has 17 heavy (non-hydrogen) atoms. The minimum atomic E-state index is -1.03. The van der Waals surface area contributed by atoms with Crippen LogP contribution in [-0.4, -0.2) is 43.2 Å². The quantitative estimate of drug-likeness (QED) is 0.680. The lowest BCUT2D eigenvalue weighted by molar-refractivity contribution is -0.143. The summed E-state index contributed by atoms with van der Waals surface area (Å²) < 4.78 is 1.41. The topological polar surface area (TPSA) is 110 Å². The number of hydrogen-bond acceptors (Lipinski definition) is 5. The number of hydrogen-bond donors (Lipinski definition) is 2. The molecule has 94 valence electrons. The summed E-state index contributed by atoms with van der Waals surface area (Å²) in [6.45, 7) is 3.80. The fraction of sp³-hybridized carbons (Fsp3) is 0.667. The number of carboxylic acids is 1. The van der Waals surface area contributed by atoms with Gasteiger partial charge in [-0.25, -0.2) is 9.48 Å². The molecular weight excluding hydrogens is 226 g/mol. The summed E-state index contributed by atoms with van der Waals surface area (Å²) in [5.74, 6) is -1.53. The number of aryl methyl sites for hydroxylation is 1. The third kappa shape index (κ3) is 4.17. The highest BCUT2D eigenvalue weighted by molar-refractivity contribution is 5.83. The lowest BCUT2D eigenvalue weighted by atomic mass is 10.0. The van der Waals surface area contributed by atoms with Gasteiger partial charge in [-0.15, -0.1) is 5.10 Å². The number of carboxylic acid groups (broad SMARTS) is 1. The SMILES string of the molecule is CC(C)C(NC(=O)CCn1cnnn1)C(=O)O. The highest BCUT2D eigenvalue weighted by Gasteiger charge is 2.23. The number of aromatic nitrogens is 4. The summed E-state index contributed by atoms with van der Waals surface area (Å²) in [5.41, 5.74) is 0. The molecule has 0 saturated carbocycles. The van der Waals surface area contributed by atoms with Gasteiger partial charge in [0.25, 0.3) is 0 Å². The maximum absolute atomic E-state index is 11.5. The van der Waals surface area contributed by atoms with Crippen molar-refractivity contribution in [2.24, 2.45) is 5.92 Å². The monoisotopic (exact) mass is 241 g/mol. The summed E-state index contributed by atoms with van der Waals surface area (Å²) >= 11 is 0. The van der Waals surface area contributed by atoms with Gasteiger partial charge in [-0.1, -0.05) is 13.8 Å². The number of rotatable bonds is 6. The van der Waals surface area contributed by atoms with Crippen LogP contribution in [0.3, 0.4) is 0 Å². The molecule has 0 fully saturated rings. The summed E-state index contributed by atoms with van der Waals surface area (Å²) in [4.78, 5) is 22.4. The van der Waals surface area contributed by atoms with E-state index in [1.807, 2.05) is 0 Å². The van der Waals surface area contributed by atoms with Crippen molar-refractivity contribution in [2.75, 3.05) is 0 Å². The second-order valence-electron chi connectivity index (χ2n) is 3.95. The summed E-state index contributed by atoms with van der Waals surface area (Å²) in [6.07, 6.45) is 1.53. The number of tetrazole rings is 1. The van der Waals surface area contributed by atoms with Gasteiger partial charge in [-0.3, -0.25) is 4.79 Å². The zero-order chi connectivity index (χ0) is 12.8. The molecule has 1 amide bonds. The van der Waals surface area contributed by atoms with Crippen molar-refractivity contribution in [3.63, 3.8) is 0 Å². The van der Waals surface area contributed by atoms with E-state index < -0.39 is 12.0 Å². The predicted octanol–water partition coefficient (Wildman–Crippen LogP) is -0.711. The molecule has 2 N–H and O–H groups in total. The highest BCUT2D eigenvalue weighted by atomic mass is 16.4. The van der Waals surface area contributed by atoms with Crippen LogP contribution in [0.2, 0.25) is 0 Å². The van der Waals surface area contributed by atoms with Gasteiger partial charge in [0.2, 0.25) is 5.91 Å². The molecule has 1 atom stereocenters. The van der Waals surface area contributed by atoms with Gasteiger partial charge in [-0.2, -0.15) is 0 Å². The molecule has 8 nitrogen and oxygen atoms in total. The standard InChI is InChI=1S/C9H15N5O3/c1-6(2)8(9(16)17)11-7(15)3-4-14-5-10-12-13-14/h5-6,8H,3-4H2,1-2H3,(H,11,15)(H,16,17). The van der Waals surface area contributed by atoms with Gasteiger partial charge in [0, 0.05) is 6.42 Å². The summed E-state index contributed by atoms with van der Waals surface area (Å²) in [5, 5.41) is 21.8. The van der Waals surface area contributed by atoms with Crippen molar-refractivity contribution in [2.45, 2.75) is 32.9 Å². The van der Waals surface area contributed by atoms with Crippen molar-refractivity contribution in [1.82, 2.24) is 25.5 Å². The maximum atomic E-state index is 11.5. The van der Waals surface area contributed by atoms with E-state index in [0.29, 0.717) is 6.54 Å². The fourth-order valence-corrected chi connectivity index (χ4v) is 1.26. The Morgan fingerprint density at radius 2 is 2.18 bits per heavy atom. The van der Waals surface area contributed by atoms with Crippen molar-refractivity contribution in [3.8, 4) is 0 Å². The van der Waals surface area contributed by atoms with E-state index in [4.69, 9.17) is 5.11 Å². The van der Waals surface area contributed by atoms with Crippen molar-refractivity contribution in [1.29, 1.82) is 0 Å². The van der Waals surface area contributed by atoms with Crippen LogP contribution in [0.1, 0.15) is 20.3 Å². The van der Waals surface area contributed by atoms with Crippen LogP contribution in [0.15, 0.2) is 6.33 Å². The van der Waals surface area contributed by atoms with Crippen molar-refractivity contribution >= 4 is 11.9 Å². The second-order valence-corrected chi connectivity index (χ2v) is 3.95. The first-order chi connectivity index (χ1) is 8.00. The zero-order valence-electron chi connectivity index (χ0n) is 9.70. The Labute approximate surface area is 98.0 Å². The van der Waals surface area contributed by atoms with Crippen LogP contribution in [0, 0.1) is 5.92 Å². The fourth-order valence-electron chi connectivity index (χ4n) is 1.26. The van der Waals surface area contributed by atoms with Crippen LogP contribution in [0.4, 0.5) is 0 Å². The van der Waals surface area contributed by atoms with Gasteiger partial charge < -0.3 is 10.4 Å². The number of nitrogens with zero attached hydrogens (tertiary/aromatic N) is 4. The molecule has 0 aliphatic carbocycles. The van der Waals surface area contributed by atoms with E-state index in [2.05, 4.69) is 20.8 Å². The molecule has 0 aliphatic rings. The van der Waals surface area contributed by atoms with Gasteiger partial charge in [0.15, 0.2) is 0 Å². The van der Waals surface area contributed by atoms with Gasteiger partial charge in [0.1, 0.15) is 12.4 Å². The van der Waals surface area contributed by atoms with E-state index in [1.165, 1.54) is 11.0 Å². The molecule has 1 unspecified atom stereocenters. The van der Waals surface area contributed by atoms with Gasteiger partial charge in [0.05, 0.1) is 6.54 Å². The zero-order valence-corrected chi connectivity index (χ0v) is 9.70. The predicted molar refractivity (Wildman–Crippen MR) is 56.8 cm³/mol. The lowest BCUT2D eigenvalue weighted by Gasteiger charge is -2.17. The van der Waals surface area contributed by atoms with E-state index >= 15 is 0 Å². The molecule has 1 aromatic heterocycles. The minimum absolute atomic E-state index is 0.140. The average Bonchev–Trinajstić information content (AvgIpc) is 2.74. The number of amides is 1. The smallest absolute Gasteiger partial charge is 0.326 e. The summed E-state index contributed by atoms with van der Waals surface area (Å²) in [7, 11) is 0.